The maximum absolute atomic E-state index is 2.55. The molecule has 1 heteroatoms. The lowest BCUT2D eigenvalue weighted by atomic mass is 9.90. The SMILES string of the molecule is Cc1c(C)n(-c2c3ccccc3c(-c3ccccc3)c3ccccc23)c2c1ccc1c(-c3cccc4ccccc34)cccc12. The highest BCUT2D eigenvalue weighted by molar-refractivity contribution is 6.21. The zero-order chi connectivity index (χ0) is 30.1. The van der Waals surface area contributed by atoms with Crippen LogP contribution in [0.5, 0.6) is 0 Å². The van der Waals surface area contributed by atoms with Crippen LogP contribution in [0, 0.1) is 13.8 Å². The fraction of sp³-hybridized carbons (Fsp3) is 0.0455. The van der Waals surface area contributed by atoms with Crippen LogP contribution >= 0.6 is 0 Å². The third-order valence-corrected chi connectivity index (χ3v) is 9.81. The van der Waals surface area contributed by atoms with Gasteiger partial charge in [0.1, 0.15) is 0 Å². The van der Waals surface area contributed by atoms with Gasteiger partial charge in [-0.3, -0.25) is 0 Å². The molecule has 0 saturated heterocycles. The summed E-state index contributed by atoms with van der Waals surface area (Å²) in [5.41, 5.74) is 10.2. The first-order valence-corrected chi connectivity index (χ1v) is 15.7. The molecule has 0 radical (unpaired) electrons. The molecule has 0 atom stereocenters. The minimum atomic E-state index is 1.24. The summed E-state index contributed by atoms with van der Waals surface area (Å²) in [6.45, 7) is 4.56. The van der Waals surface area contributed by atoms with Gasteiger partial charge in [0.2, 0.25) is 0 Å². The summed E-state index contributed by atoms with van der Waals surface area (Å²) >= 11 is 0. The third-order valence-electron chi connectivity index (χ3n) is 9.81. The zero-order valence-electron chi connectivity index (χ0n) is 25.4. The average Bonchev–Trinajstić information content (AvgIpc) is 3.36. The molecule has 0 amide bonds. The van der Waals surface area contributed by atoms with E-state index in [1.165, 1.54) is 93.2 Å². The Morgan fingerprint density at radius 2 is 0.889 bits per heavy atom. The lowest BCUT2D eigenvalue weighted by Gasteiger charge is -2.20. The van der Waals surface area contributed by atoms with Crippen LogP contribution in [0.3, 0.4) is 0 Å². The van der Waals surface area contributed by atoms with Crippen molar-refractivity contribution in [3.05, 3.63) is 163 Å². The lowest BCUT2D eigenvalue weighted by Crippen LogP contribution is -2.01. The first-order chi connectivity index (χ1) is 22.2. The van der Waals surface area contributed by atoms with Gasteiger partial charge in [-0.1, -0.05) is 152 Å². The zero-order valence-corrected chi connectivity index (χ0v) is 25.4. The van der Waals surface area contributed by atoms with Crippen molar-refractivity contribution in [3.8, 4) is 27.9 Å². The third kappa shape index (κ3) is 3.74. The van der Waals surface area contributed by atoms with Crippen LogP contribution in [0.15, 0.2) is 152 Å². The highest BCUT2D eigenvalue weighted by Crippen LogP contribution is 2.45. The maximum Gasteiger partial charge on any atom is 0.0616 e. The number of fused-ring (bicyclic) bond motifs is 6. The van der Waals surface area contributed by atoms with E-state index in [2.05, 4.69) is 170 Å². The molecule has 0 aliphatic rings. The van der Waals surface area contributed by atoms with Gasteiger partial charge in [-0.25, -0.2) is 0 Å². The van der Waals surface area contributed by atoms with Crippen LogP contribution < -0.4 is 0 Å². The van der Waals surface area contributed by atoms with Crippen molar-refractivity contribution in [3.63, 3.8) is 0 Å². The van der Waals surface area contributed by atoms with Gasteiger partial charge in [0.15, 0.2) is 0 Å². The Balaban J connectivity index is 1.44. The summed E-state index contributed by atoms with van der Waals surface area (Å²) in [6.07, 6.45) is 0. The molecule has 9 rings (SSSR count). The van der Waals surface area contributed by atoms with Gasteiger partial charge in [-0.05, 0) is 68.6 Å². The molecule has 212 valence electrons. The molecule has 1 aromatic heterocycles. The van der Waals surface area contributed by atoms with Gasteiger partial charge < -0.3 is 4.57 Å². The molecule has 1 nitrogen and oxygen atoms in total. The molecule has 45 heavy (non-hydrogen) atoms. The second kappa shape index (κ2) is 9.94. The van der Waals surface area contributed by atoms with Crippen molar-refractivity contribution in [2.75, 3.05) is 0 Å². The summed E-state index contributed by atoms with van der Waals surface area (Å²) in [5, 5.41) is 11.5. The Bertz CT molecular complexity index is 2540. The molecule has 9 aromatic rings. The van der Waals surface area contributed by atoms with Crippen molar-refractivity contribution in [2.24, 2.45) is 0 Å². The van der Waals surface area contributed by atoms with E-state index in [4.69, 9.17) is 0 Å². The number of rotatable bonds is 3. The van der Waals surface area contributed by atoms with E-state index >= 15 is 0 Å². The molecular weight excluding hydrogens is 542 g/mol. The maximum atomic E-state index is 2.55. The van der Waals surface area contributed by atoms with E-state index in [0.29, 0.717) is 0 Å². The van der Waals surface area contributed by atoms with E-state index in [1.807, 2.05) is 0 Å². The van der Waals surface area contributed by atoms with Crippen LogP contribution in [0.1, 0.15) is 11.3 Å². The van der Waals surface area contributed by atoms with Gasteiger partial charge in [0.25, 0.3) is 0 Å². The van der Waals surface area contributed by atoms with Crippen molar-refractivity contribution in [1.82, 2.24) is 4.57 Å². The minimum Gasteiger partial charge on any atom is -0.312 e. The monoisotopic (exact) mass is 573 g/mol. The van der Waals surface area contributed by atoms with Crippen molar-refractivity contribution >= 4 is 54.0 Å². The van der Waals surface area contributed by atoms with Gasteiger partial charge in [0.05, 0.1) is 11.2 Å². The first-order valence-electron chi connectivity index (χ1n) is 15.7. The largest absolute Gasteiger partial charge is 0.312 e. The molecule has 8 aromatic carbocycles. The van der Waals surface area contributed by atoms with Gasteiger partial charge in [-0.15, -0.1) is 0 Å². The summed E-state index contributed by atoms with van der Waals surface area (Å²) < 4.78 is 2.55. The van der Waals surface area contributed by atoms with Crippen LogP contribution in [0.25, 0.3) is 81.9 Å². The number of hydrogen-bond acceptors (Lipinski definition) is 0. The molecule has 0 aliphatic carbocycles. The summed E-state index contributed by atoms with van der Waals surface area (Å²) in [7, 11) is 0. The number of aryl methyl sites for hydroxylation is 1. The molecule has 0 spiro atoms. The van der Waals surface area contributed by atoms with E-state index in [1.54, 1.807) is 0 Å². The van der Waals surface area contributed by atoms with Crippen LogP contribution in [0.2, 0.25) is 0 Å². The Hall–Kier alpha value is -5.66. The Morgan fingerprint density at radius 3 is 1.60 bits per heavy atom. The van der Waals surface area contributed by atoms with Gasteiger partial charge >= 0.3 is 0 Å². The highest BCUT2D eigenvalue weighted by atomic mass is 15.0. The summed E-state index contributed by atoms with van der Waals surface area (Å²) in [5.74, 6) is 0. The molecule has 0 aliphatic heterocycles. The molecule has 0 N–H and O–H groups in total. The average molecular weight is 574 g/mol. The number of benzene rings is 8. The lowest BCUT2D eigenvalue weighted by molar-refractivity contribution is 1.06. The van der Waals surface area contributed by atoms with Gasteiger partial charge in [-0.2, -0.15) is 0 Å². The fourth-order valence-electron chi connectivity index (χ4n) is 7.65. The molecule has 0 saturated carbocycles. The Kier molecular flexibility index (Phi) is 5.70. The fourth-order valence-corrected chi connectivity index (χ4v) is 7.65. The predicted molar refractivity (Wildman–Crippen MR) is 194 cm³/mol. The highest BCUT2D eigenvalue weighted by Gasteiger charge is 2.22. The van der Waals surface area contributed by atoms with Crippen molar-refractivity contribution < 1.29 is 0 Å². The van der Waals surface area contributed by atoms with Crippen LogP contribution in [-0.4, -0.2) is 4.57 Å². The van der Waals surface area contributed by atoms with Gasteiger partial charge in [0, 0.05) is 27.2 Å². The Labute approximate surface area is 262 Å². The standard InChI is InChI=1S/C44H31N/c1-28-29(2)45(44-40-21-10-8-19-37(40)42(31-15-4-3-5-16-31)38-20-9-11-22-41(38)44)43-32(28)26-27-36-35(24-13-25-39(36)43)34-23-12-17-30-14-6-7-18-33(30)34/h3-27H,1-2H3. The normalized spacial score (nSPS) is 11.8. The quantitative estimate of drug-likeness (QED) is 0.185. The predicted octanol–water partition coefficient (Wildman–Crippen LogP) is 12.2. The number of aromatic nitrogens is 1. The Morgan fingerprint density at radius 1 is 0.378 bits per heavy atom. The molecule has 0 bridgehead atoms. The van der Waals surface area contributed by atoms with Crippen molar-refractivity contribution in [1.29, 1.82) is 0 Å². The molecule has 0 fully saturated rings. The molecule has 0 unspecified atom stereocenters. The number of nitrogens with zero attached hydrogens (tertiary/aromatic N) is 1. The molecular formula is C44H31N. The van der Waals surface area contributed by atoms with E-state index in [9.17, 15) is 0 Å². The number of hydrogen-bond donors (Lipinski definition) is 0. The van der Waals surface area contributed by atoms with Crippen molar-refractivity contribution in [2.45, 2.75) is 13.8 Å². The summed E-state index contributed by atoms with van der Waals surface area (Å²) in [6, 6.07) is 55.6. The van der Waals surface area contributed by atoms with E-state index < -0.39 is 0 Å². The smallest absolute Gasteiger partial charge is 0.0616 e. The first kappa shape index (κ1) is 25.8. The van der Waals surface area contributed by atoms with Crippen LogP contribution in [-0.2, 0) is 0 Å². The van der Waals surface area contributed by atoms with E-state index in [0.717, 1.165) is 0 Å². The summed E-state index contributed by atoms with van der Waals surface area (Å²) in [4.78, 5) is 0. The van der Waals surface area contributed by atoms with Crippen LogP contribution in [0.4, 0.5) is 0 Å². The van der Waals surface area contributed by atoms with E-state index in [-0.39, 0.29) is 0 Å². The molecule has 1 heterocycles. The minimum absolute atomic E-state index is 1.24. The second-order valence-electron chi connectivity index (χ2n) is 12.1. The second-order valence-corrected chi connectivity index (χ2v) is 12.1. The topological polar surface area (TPSA) is 4.93 Å².